The molecule has 0 saturated carbocycles. The SMILES string of the molecule is COCCC1CN(C(=O)c2ccc(-c3ccnc4c3c(/C=C3\Oc5cccc(O)c5C3=O)cn4C)cc2)CCO1. The number of morpholine rings is 1. The molecule has 6 rings (SSSR count). The minimum Gasteiger partial charge on any atom is -0.507 e. The third kappa shape index (κ3) is 4.63. The Kier molecular flexibility index (Phi) is 6.83. The number of nitrogens with zero attached hydrogens (tertiary/aromatic N) is 3. The number of ketones is 1. The van der Waals surface area contributed by atoms with Crippen molar-refractivity contribution in [2.75, 3.05) is 33.4 Å². The van der Waals surface area contributed by atoms with Crippen LogP contribution in [0, 0.1) is 0 Å². The van der Waals surface area contributed by atoms with Crippen molar-refractivity contribution < 1.29 is 28.9 Å². The number of pyridine rings is 1. The van der Waals surface area contributed by atoms with Crippen LogP contribution in [0.1, 0.15) is 32.7 Å². The first kappa shape index (κ1) is 25.8. The highest BCUT2D eigenvalue weighted by molar-refractivity contribution is 6.17. The van der Waals surface area contributed by atoms with E-state index in [-0.39, 0.29) is 34.9 Å². The van der Waals surface area contributed by atoms with Gasteiger partial charge >= 0.3 is 0 Å². The predicted octanol–water partition coefficient (Wildman–Crippen LogP) is 4.44. The molecular formula is C31H29N3O6. The first-order valence-corrected chi connectivity index (χ1v) is 13.1. The van der Waals surface area contributed by atoms with Gasteiger partial charge in [-0.15, -0.1) is 0 Å². The van der Waals surface area contributed by atoms with Crippen LogP contribution in [0.4, 0.5) is 0 Å². The maximum atomic E-state index is 13.2. The Balaban J connectivity index is 1.30. The van der Waals surface area contributed by atoms with Gasteiger partial charge in [-0.2, -0.15) is 0 Å². The van der Waals surface area contributed by atoms with E-state index in [4.69, 9.17) is 14.2 Å². The lowest BCUT2D eigenvalue weighted by Gasteiger charge is -2.33. The van der Waals surface area contributed by atoms with Crippen molar-refractivity contribution in [2.45, 2.75) is 12.5 Å². The van der Waals surface area contributed by atoms with E-state index in [1.807, 2.05) is 53.0 Å². The summed E-state index contributed by atoms with van der Waals surface area (Å²) >= 11 is 0. The topological polar surface area (TPSA) is 103 Å². The Morgan fingerprint density at radius 2 is 2.02 bits per heavy atom. The first-order chi connectivity index (χ1) is 19.4. The number of hydrogen-bond acceptors (Lipinski definition) is 7. The van der Waals surface area contributed by atoms with Gasteiger partial charge in [-0.25, -0.2) is 4.98 Å². The van der Waals surface area contributed by atoms with Crippen molar-refractivity contribution in [1.29, 1.82) is 0 Å². The van der Waals surface area contributed by atoms with E-state index < -0.39 is 0 Å². The van der Waals surface area contributed by atoms with Crippen molar-refractivity contribution in [3.63, 3.8) is 0 Å². The van der Waals surface area contributed by atoms with Crippen molar-refractivity contribution in [1.82, 2.24) is 14.5 Å². The molecule has 1 amide bonds. The van der Waals surface area contributed by atoms with Crippen LogP contribution in [0.3, 0.4) is 0 Å². The molecule has 0 aliphatic carbocycles. The molecule has 40 heavy (non-hydrogen) atoms. The lowest BCUT2D eigenvalue weighted by atomic mass is 9.99. The molecule has 1 N–H and O–H groups in total. The number of carbonyl (C=O) groups excluding carboxylic acids is 2. The Bertz CT molecular complexity index is 1640. The number of carbonyl (C=O) groups is 2. The molecule has 4 aromatic rings. The fourth-order valence-corrected chi connectivity index (χ4v) is 5.35. The number of rotatable bonds is 6. The first-order valence-electron chi connectivity index (χ1n) is 13.1. The summed E-state index contributed by atoms with van der Waals surface area (Å²) < 4.78 is 18.6. The number of ether oxygens (including phenoxy) is 3. The van der Waals surface area contributed by atoms with Crippen molar-refractivity contribution in [3.8, 4) is 22.6 Å². The van der Waals surface area contributed by atoms with Crippen molar-refractivity contribution in [2.24, 2.45) is 7.05 Å². The maximum Gasteiger partial charge on any atom is 0.254 e. The second-order valence-electron chi connectivity index (χ2n) is 9.95. The third-order valence-corrected chi connectivity index (χ3v) is 7.36. The Hall–Kier alpha value is -4.47. The smallest absolute Gasteiger partial charge is 0.254 e. The summed E-state index contributed by atoms with van der Waals surface area (Å²) in [6.07, 6.45) is 6.04. The minimum absolute atomic E-state index is 0.0259. The molecule has 4 heterocycles. The summed E-state index contributed by atoms with van der Waals surface area (Å²) in [5.74, 6) is -0.0363. The van der Waals surface area contributed by atoms with E-state index in [1.165, 1.54) is 6.07 Å². The second kappa shape index (κ2) is 10.6. The molecule has 2 aliphatic rings. The lowest BCUT2D eigenvalue weighted by Crippen LogP contribution is -2.45. The lowest BCUT2D eigenvalue weighted by molar-refractivity contribution is -0.0332. The molecule has 9 nitrogen and oxygen atoms in total. The summed E-state index contributed by atoms with van der Waals surface area (Å²) in [7, 11) is 3.55. The Morgan fingerprint density at radius 3 is 2.80 bits per heavy atom. The minimum atomic E-state index is -0.369. The van der Waals surface area contributed by atoms with E-state index >= 15 is 0 Å². The normalized spacial score (nSPS) is 17.9. The van der Waals surface area contributed by atoms with E-state index in [2.05, 4.69) is 4.98 Å². The number of benzene rings is 2. The molecule has 1 atom stereocenters. The molecular weight excluding hydrogens is 510 g/mol. The molecule has 2 aromatic carbocycles. The molecule has 1 unspecified atom stereocenters. The number of aromatic hydroxyl groups is 1. The molecule has 2 aliphatic heterocycles. The van der Waals surface area contributed by atoms with Gasteiger partial charge in [-0.3, -0.25) is 9.59 Å². The fraction of sp³-hybridized carbons (Fsp3) is 0.258. The zero-order valence-electron chi connectivity index (χ0n) is 22.3. The van der Waals surface area contributed by atoms with Gasteiger partial charge in [0.25, 0.3) is 5.91 Å². The van der Waals surface area contributed by atoms with Gasteiger partial charge in [0.05, 0.1) is 12.7 Å². The predicted molar refractivity (Wildman–Crippen MR) is 149 cm³/mol. The number of allylic oxidation sites excluding steroid dienone is 1. The number of phenolic OH excluding ortho intramolecular Hbond substituents is 1. The molecule has 204 valence electrons. The van der Waals surface area contributed by atoms with Crippen LogP contribution in [-0.2, 0) is 16.5 Å². The number of methoxy groups -OCH3 is 1. The third-order valence-electron chi connectivity index (χ3n) is 7.36. The maximum absolute atomic E-state index is 13.2. The van der Waals surface area contributed by atoms with Gasteiger partial charge < -0.3 is 28.8 Å². The molecule has 0 radical (unpaired) electrons. The van der Waals surface area contributed by atoms with Gasteiger partial charge in [-0.05, 0) is 54.0 Å². The molecule has 1 saturated heterocycles. The molecule has 0 bridgehead atoms. The molecule has 2 aromatic heterocycles. The van der Waals surface area contributed by atoms with Gasteiger partial charge in [0, 0.05) is 62.8 Å². The van der Waals surface area contributed by atoms with Gasteiger partial charge in [-0.1, -0.05) is 18.2 Å². The summed E-state index contributed by atoms with van der Waals surface area (Å²) in [5, 5.41) is 11.0. The zero-order chi connectivity index (χ0) is 27.8. The number of phenols is 1. The van der Waals surface area contributed by atoms with Crippen LogP contribution in [0.15, 0.2) is 66.7 Å². The number of aromatic nitrogens is 2. The van der Waals surface area contributed by atoms with E-state index in [1.54, 1.807) is 31.5 Å². The van der Waals surface area contributed by atoms with Crippen molar-refractivity contribution in [3.05, 3.63) is 83.4 Å². The molecule has 0 spiro atoms. The Morgan fingerprint density at radius 1 is 1.20 bits per heavy atom. The van der Waals surface area contributed by atoms with Gasteiger partial charge in [0.1, 0.15) is 22.7 Å². The van der Waals surface area contributed by atoms with E-state index in [0.717, 1.165) is 34.1 Å². The van der Waals surface area contributed by atoms with Gasteiger partial charge in [0.2, 0.25) is 5.78 Å². The number of hydrogen-bond donors (Lipinski definition) is 1. The highest BCUT2D eigenvalue weighted by Crippen LogP contribution is 2.39. The molecule has 1 fully saturated rings. The van der Waals surface area contributed by atoms with Crippen LogP contribution in [0.5, 0.6) is 11.5 Å². The average Bonchev–Trinajstić information content (AvgIpc) is 3.48. The van der Waals surface area contributed by atoms with Crippen LogP contribution in [-0.4, -0.2) is 70.8 Å². The van der Waals surface area contributed by atoms with E-state index in [0.29, 0.717) is 37.6 Å². The zero-order valence-corrected chi connectivity index (χ0v) is 22.3. The average molecular weight is 540 g/mol. The number of amides is 1. The highest BCUT2D eigenvalue weighted by Gasteiger charge is 2.31. The van der Waals surface area contributed by atoms with E-state index in [9.17, 15) is 14.7 Å². The number of aryl methyl sites for hydroxylation is 1. The summed E-state index contributed by atoms with van der Waals surface area (Å²) in [4.78, 5) is 32.6. The second-order valence-corrected chi connectivity index (χ2v) is 9.95. The summed E-state index contributed by atoms with van der Waals surface area (Å²) in [5.41, 5.74) is 4.09. The monoisotopic (exact) mass is 539 g/mol. The summed E-state index contributed by atoms with van der Waals surface area (Å²) in [6.45, 7) is 2.20. The van der Waals surface area contributed by atoms with Crippen molar-refractivity contribution >= 4 is 28.8 Å². The quantitative estimate of drug-likeness (QED) is 0.362. The fourth-order valence-electron chi connectivity index (χ4n) is 5.35. The largest absolute Gasteiger partial charge is 0.507 e. The van der Waals surface area contributed by atoms with Crippen LogP contribution in [0.25, 0.3) is 28.2 Å². The number of Topliss-reactive ketones (excluding diaryl/α,β-unsaturated/α-hetero) is 1. The van der Waals surface area contributed by atoms with Crippen LogP contribution < -0.4 is 4.74 Å². The summed E-state index contributed by atoms with van der Waals surface area (Å²) in [6, 6.07) is 14.2. The Labute approximate surface area is 231 Å². The van der Waals surface area contributed by atoms with Gasteiger partial charge in [0.15, 0.2) is 5.76 Å². The number of fused-ring (bicyclic) bond motifs is 2. The highest BCUT2D eigenvalue weighted by atomic mass is 16.5. The standard InChI is InChI=1S/C31H29N3O6/c1-33-17-21(16-26-29(36)28-24(35)4-3-5-25(28)40-26)27-23(10-12-32-30(27)33)19-6-8-20(9-7-19)31(37)34-13-15-39-22(18-34)11-14-38-2/h3-10,12,16-17,22,35H,11,13-15,18H2,1-2H3/b26-16-. The van der Waals surface area contributed by atoms with Crippen LogP contribution >= 0.6 is 0 Å². The van der Waals surface area contributed by atoms with Crippen LogP contribution in [0.2, 0.25) is 0 Å². The molecule has 9 heteroatoms.